The van der Waals surface area contributed by atoms with E-state index in [2.05, 4.69) is 48.7 Å². The van der Waals surface area contributed by atoms with Crippen LogP contribution in [-0.4, -0.2) is 24.1 Å². The summed E-state index contributed by atoms with van der Waals surface area (Å²) in [6.45, 7) is 4.82. The number of alkyl carbamates (subject to hydrolysis) is 1. The molecule has 2 aromatic carbocycles. The van der Waals surface area contributed by atoms with Crippen molar-refractivity contribution >= 4 is 12.0 Å². The lowest BCUT2D eigenvalue weighted by atomic mass is 9.47. The minimum atomic E-state index is -0.297. The van der Waals surface area contributed by atoms with Gasteiger partial charge in [0.2, 0.25) is 5.91 Å². The highest BCUT2D eigenvalue weighted by atomic mass is 16.6. The number of carbonyl (C=O) groups excluding carboxylic acids is 2. The molecule has 1 heterocycles. The molecule has 8 atom stereocenters. The van der Waals surface area contributed by atoms with Crippen molar-refractivity contribution < 1.29 is 14.3 Å². The summed E-state index contributed by atoms with van der Waals surface area (Å²) in [5, 5.41) is 6.55. The number of amides is 2. The lowest BCUT2D eigenvalue weighted by Crippen LogP contribution is -2.61. The van der Waals surface area contributed by atoms with Crippen LogP contribution < -0.4 is 10.6 Å². The van der Waals surface area contributed by atoms with Crippen molar-refractivity contribution in [2.24, 2.45) is 28.6 Å². The highest BCUT2D eigenvalue weighted by Crippen LogP contribution is 2.64. The zero-order chi connectivity index (χ0) is 26.3. The van der Waals surface area contributed by atoms with Gasteiger partial charge in [-0.05, 0) is 85.7 Å². The minimum Gasteiger partial charge on any atom is -0.446 e. The number of hydrogen-bond donors (Lipinski definition) is 2. The molecule has 4 aliphatic rings. The average molecular weight is 515 g/mol. The Labute approximate surface area is 227 Å². The van der Waals surface area contributed by atoms with Crippen molar-refractivity contribution in [3.05, 3.63) is 71.8 Å². The van der Waals surface area contributed by atoms with Gasteiger partial charge in [-0.3, -0.25) is 4.79 Å². The molecule has 3 aliphatic carbocycles. The molecule has 2 N–H and O–H groups in total. The summed E-state index contributed by atoms with van der Waals surface area (Å²) in [6, 6.07) is 20.7. The molecular weight excluding hydrogens is 472 g/mol. The second-order valence-corrected chi connectivity index (χ2v) is 12.9. The molecule has 0 radical (unpaired) electrons. The number of hydrogen-bond acceptors (Lipinski definition) is 3. The minimum absolute atomic E-state index is 0.0291. The lowest BCUT2D eigenvalue weighted by molar-refractivity contribution is -0.138. The number of ether oxygens (including phenoxy) is 1. The van der Waals surface area contributed by atoms with Gasteiger partial charge < -0.3 is 15.4 Å². The van der Waals surface area contributed by atoms with Gasteiger partial charge >= 0.3 is 6.09 Å². The molecule has 1 unspecified atom stereocenters. The van der Waals surface area contributed by atoms with Crippen LogP contribution in [0.1, 0.15) is 82.4 Å². The third kappa shape index (κ3) is 4.52. The smallest absolute Gasteiger partial charge is 0.407 e. The second-order valence-electron chi connectivity index (χ2n) is 12.9. The van der Waals surface area contributed by atoms with Gasteiger partial charge in [0.25, 0.3) is 0 Å². The van der Waals surface area contributed by atoms with Crippen molar-refractivity contribution in [1.29, 1.82) is 0 Å². The number of nitrogens with one attached hydrogen (secondary N) is 2. The molecule has 4 fully saturated rings. The van der Waals surface area contributed by atoms with Crippen LogP contribution in [0.15, 0.2) is 60.7 Å². The van der Waals surface area contributed by atoms with Crippen LogP contribution in [0.5, 0.6) is 0 Å². The molecule has 5 nitrogen and oxygen atoms in total. The highest BCUT2D eigenvalue weighted by molar-refractivity contribution is 5.77. The van der Waals surface area contributed by atoms with Crippen LogP contribution in [0.4, 0.5) is 4.79 Å². The van der Waals surface area contributed by atoms with Crippen LogP contribution in [0.2, 0.25) is 0 Å². The first-order valence-corrected chi connectivity index (χ1v) is 14.7. The Morgan fingerprint density at radius 2 is 1.63 bits per heavy atom. The maximum Gasteiger partial charge on any atom is 0.407 e. The Balaban J connectivity index is 1.14. The van der Waals surface area contributed by atoms with Gasteiger partial charge in [0.05, 0.1) is 6.04 Å². The average Bonchev–Trinajstić information content (AvgIpc) is 3.25. The summed E-state index contributed by atoms with van der Waals surface area (Å²) < 4.78 is 6.29. The van der Waals surface area contributed by atoms with Crippen molar-refractivity contribution in [1.82, 2.24) is 10.6 Å². The summed E-state index contributed by atoms with van der Waals surface area (Å²) in [4.78, 5) is 25.5. The Morgan fingerprint density at radius 3 is 2.39 bits per heavy atom. The molecule has 3 saturated carbocycles. The lowest BCUT2D eigenvalue weighted by Gasteiger charge is -2.60. The van der Waals surface area contributed by atoms with E-state index >= 15 is 0 Å². The molecule has 1 aliphatic heterocycles. The van der Waals surface area contributed by atoms with Gasteiger partial charge in [-0.1, -0.05) is 74.5 Å². The Morgan fingerprint density at radius 1 is 0.921 bits per heavy atom. The van der Waals surface area contributed by atoms with Crippen LogP contribution in [0, 0.1) is 28.6 Å². The Hall–Kier alpha value is -2.82. The number of rotatable bonds is 5. The van der Waals surface area contributed by atoms with E-state index in [4.69, 9.17) is 4.74 Å². The largest absolute Gasteiger partial charge is 0.446 e. The van der Waals surface area contributed by atoms with E-state index in [9.17, 15) is 9.59 Å². The van der Waals surface area contributed by atoms with Crippen molar-refractivity contribution in [3.63, 3.8) is 0 Å². The van der Waals surface area contributed by atoms with E-state index in [-0.39, 0.29) is 35.0 Å². The van der Waals surface area contributed by atoms with E-state index in [1.165, 1.54) is 18.4 Å². The molecule has 0 bridgehead atoms. The summed E-state index contributed by atoms with van der Waals surface area (Å²) in [7, 11) is 0. The first-order valence-electron chi connectivity index (χ1n) is 14.7. The van der Waals surface area contributed by atoms with Gasteiger partial charge in [-0.25, -0.2) is 4.79 Å². The molecule has 6 rings (SSSR count). The van der Waals surface area contributed by atoms with Gasteiger partial charge in [0, 0.05) is 17.9 Å². The van der Waals surface area contributed by atoms with Crippen molar-refractivity contribution in [2.75, 3.05) is 0 Å². The topological polar surface area (TPSA) is 67.4 Å². The zero-order valence-electron chi connectivity index (χ0n) is 22.8. The molecule has 1 saturated heterocycles. The summed E-state index contributed by atoms with van der Waals surface area (Å²) in [6.07, 6.45) is 8.67. The Bertz CT molecular complexity index is 1150. The summed E-state index contributed by atoms with van der Waals surface area (Å²) >= 11 is 0. The molecule has 0 spiro atoms. The van der Waals surface area contributed by atoms with E-state index in [1.807, 2.05) is 36.4 Å². The molecule has 5 heteroatoms. The van der Waals surface area contributed by atoms with E-state index < -0.39 is 0 Å². The van der Waals surface area contributed by atoms with Crippen LogP contribution in [0.25, 0.3) is 0 Å². The zero-order valence-corrected chi connectivity index (χ0v) is 22.8. The SMILES string of the molecule is C[C@]12CCC(=O)N[C@@H]1CC[C@@H]1[C@@H]2CC[C@]2(C)[C@@H](OC(=O)NC(Cc3ccccc3)c3ccccc3)CC[C@@H]12. The fourth-order valence-corrected chi connectivity index (χ4v) is 8.94. The molecule has 2 amide bonds. The standard InChI is InChI=1S/C33H42N2O3/c1-32-20-18-30(36)35-28(32)15-13-24-25-14-16-29(33(25,2)19-17-26(24)32)38-31(37)34-27(23-11-7-4-8-12-23)21-22-9-5-3-6-10-22/h3-12,24-29H,13-21H2,1-2H3,(H,34,37)(H,35,36)/t24-,25-,26-,27?,28+,29-,32+,33-/m0/s1. The third-order valence-corrected chi connectivity index (χ3v) is 11.0. The van der Waals surface area contributed by atoms with Crippen molar-refractivity contribution in [3.8, 4) is 0 Å². The number of benzene rings is 2. The van der Waals surface area contributed by atoms with Gasteiger partial charge in [-0.2, -0.15) is 0 Å². The summed E-state index contributed by atoms with van der Waals surface area (Å²) in [5.41, 5.74) is 2.51. The van der Waals surface area contributed by atoms with Crippen LogP contribution in [0.3, 0.4) is 0 Å². The molecule has 0 aromatic heterocycles. The van der Waals surface area contributed by atoms with Gasteiger partial charge in [0.15, 0.2) is 0 Å². The van der Waals surface area contributed by atoms with E-state index in [1.54, 1.807) is 0 Å². The van der Waals surface area contributed by atoms with Gasteiger partial charge in [-0.15, -0.1) is 0 Å². The maximum atomic E-state index is 13.4. The highest BCUT2D eigenvalue weighted by Gasteiger charge is 2.61. The number of fused-ring (bicyclic) bond motifs is 5. The van der Waals surface area contributed by atoms with E-state index in [0.29, 0.717) is 30.2 Å². The quantitative estimate of drug-likeness (QED) is 0.473. The number of piperidine rings is 1. The predicted molar refractivity (Wildman–Crippen MR) is 148 cm³/mol. The molecule has 202 valence electrons. The predicted octanol–water partition coefficient (Wildman–Crippen LogP) is 6.59. The van der Waals surface area contributed by atoms with Crippen LogP contribution in [-0.2, 0) is 16.0 Å². The van der Waals surface area contributed by atoms with Gasteiger partial charge in [0.1, 0.15) is 6.10 Å². The third-order valence-electron chi connectivity index (χ3n) is 11.0. The van der Waals surface area contributed by atoms with Crippen LogP contribution >= 0.6 is 0 Å². The monoisotopic (exact) mass is 514 g/mol. The second kappa shape index (κ2) is 10.1. The van der Waals surface area contributed by atoms with Crippen molar-refractivity contribution in [2.45, 2.75) is 89.8 Å². The summed E-state index contributed by atoms with van der Waals surface area (Å²) in [5.74, 6) is 2.13. The molecule has 2 aromatic rings. The first-order chi connectivity index (χ1) is 18.4. The number of carbonyl (C=O) groups is 2. The van der Waals surface area contributed by atoms with E-state index in [0.717, 1.165) is 44.1 Å². The fraction of sp³-hybridized carbons (Fsp3) is 0.576. The molecular formula is C33H42N2O3. The molecule has 38 heavy (non-hydrogen) atoms. The maximum absolute atomic E-state index is 13.4. The fourth-order valence-electron chi connectivity index (χ4n) is 8.94. The Kier molecular flexibility index (Phi) is 6.74. The first kappa shape index (κ1) is 25.5. The normalized spacial score (nSPS) is 36.7.